The molecule has 1 unspecified atom stereocenters. The van der Waals surface area contributed by atoms with Crippen LogP contribution in [0.2, 0.25) is 0 Å². The van der Waals surface area contributed by atoms with Gasteiger partial charge in [-0.2, -0.15) is 13.2 Å². The van der Waals surface area contributed by atoms with Gasteiger partial charge >= 0.3 is 12.1 Å². The second-order valence-electron chi connectivity index (χ2n) is 3.76. The Hall–Kier alpha value is -0.830. The number of carboxylic acid groups (broad SMARTS) is 1. The molecule has 0 saturated heterocycles. The minimum absolute atomic E-state index is 0.0188. The van der Waals surface area contributed by atoms with Crippen LogP contribution in [-0.4, -0.2) is 17.1 Å². The Balaban J connectivity index is 2.92. The average Bonchev–Trinajstić information content (AvgIpc) is 2.26. The van der Waals surface area contributed by atoms with E-state index in [1.54, 1.807) is 22.9 Å². The molecule has 1 aromatic rings. The summed E-state index contributed by atoms with van der Waals surface area (Å²) >= 11 is 1.75. The van der Waals surface area contributed by atoms with Crippen LogP contribution in [0, 0.1) is 0 Å². The van der Waals surface area contributed by atoms with Gasteiger partial charge in [0.1, 0.15) is 0 Å². The first kappa shape index (κ1) is 15.2. The highest BCUT2D eigenvalue weighted by molar-refractivity contribution is 14.1. The normalized spacial score (nSPS) is 13.3. The maximum Gasteiger partial charge on any atom is 0.416 e. The van der Waals surface area contributed by atoms with Crippen molar-refractivity contribution in [3.63, 3.8) is 0 Å². The van der Waals surface area contributed by atoms with Crippen LogP contribution in [0.25, 0.3) is 0 Å². The molecular weight excluding hydrogens is 362 g/mol. The van der Waals surface area contributed by atoms with Gasteiger partial charge in [-0.3, -0.25) is 8.32 Å². The van der Waals surface area contributed by atoms with Gasteiger partial charge in [-0.25, -0.2) is 0 Å². The molecule has 0 bridgehead atoms. The van der Waals surface area contributed by atoms with Crippen LogP contribution in [0.5, 0.6) is 0 Å². The molecule has 0 aliphatic carbocycles. The molecule has 3 nitrogen and oxygen atoms in total. The molecule has 0 heterocycles. The number of alkyl halides is 3. The molecule has 1 atom stereocenters. The molecule has 0 radical (unpaired) electrons. The molecule has 0 fully saturated rings. The summed E-state index contributed by atoms with van der Waals surface area (Å²) in [6, 6.07) is 4.66. The Labute approximate surface area is 116 Å². The molecule has 0 spiro atoms. The van der Waals surface area contributed by atoms with E-state index in [0.29, 0.717) is 0 Å². The highest BCUT2D eigenvalue weighted by Gasteiger charge is 2.33. The highest BCUT2D eigenvalue weighted by Crippen LogP contribution is 2.32. The number of aliphatic carboxylic acids is 1. The van der Waals surface area contributed by atoms with Crippen molar-refractivity contribution in [2.24, 2.45) is 0 Å². The number of carboxylic acids is 1. The molecule has 7 heteroatoms. The van der Waals surface area contributed by atoms with E-state index in [1.807, 2.05) is 0 Å². The predicted molar refractivity (Wildman–Crippen MR) is 68.3 cm³/mol. The molecule has 0 aliphatic rings. The van der Waals surface area contributed by atoms with E-state index in [2.05, 4.69) is 3.53 Å². The first-order valence-corrected chi connectivity index (χ1v) is 6.15. The number of hydrogen-bond donors (Lipinski definition) is 2. The molecule has 100 valence electrons. The maximum absolute atomic E-state index is 12.7. The zero-order valence-electron chi connectivity index (χ0n) is 9.17. The van der Waals surface area contributed by atoms with Gasteiger partial charge < -0.3 is 5.11 Å². The number of hydrogen-bond acceptors (Lipinski definition) is 2. The van der Waals surface area contributed by atoms with Gasteiger partial charge in [-0.1, -0.05) is 18.2 Å². The topological polar surface area (TPSA) is 49.3 Å². The molecule has 0 aromatic heterocycles. The predicted octanol–water partition coefficient (Wildman–Crippen LogP) is 3.03. The third-order valence-corrected chi connectivity index (χ3v) is 3.25. The van der Waals surface area contributed by atoms with E-state index in [0.717, 1.165) is 6.07 Å². The van der Waals surface area contributed by atoms with Crippen LogP contribution in [0.1, 0.15) is 17.5 Å². The summed E-state index contributed by atoms with van der Waals surface area (Å²) in [5.74, 6) is -1.05. The van der Waals surface area contributed by atoms with Crippen LogP contribution in [-0.2, 0) is 17.4 Å². The standard InChI is InChI=1S/C11H11F3INO2/c12-11(13,14)9-4-2-1-3-7(9)5-8(16-15)6-10(17)18/h1-4,8,16H,5-6H2,(H,17,18). The van der Waals surface area contributed by atoms with Gasteiger partial charge in [0, 0.05) is 28.9 Å². The Morgan fingerprint density at radius 3 is 2.50 bits per heavy atom. The Morgan fingerprint density at radius 2 is 2.00 bits per heavy atom. The van der Waals surface area contributed by atoms with E-state index in [-0.39, 0.29) is 18.4 Å². The minimum Gasteiger partial charge on any atom is -0.481 e. The second kappa shape index (κ2) is 6.37. The SMILES string of the molecule is O=C(O)CC(Cc1ccccc1C(F)(F)F)NI. The molecule has 0 aliphatic heterocycles. The van der Waals surface area contributed by atoms with Gasteiger partial charge in [-0.05, 0) is 18.1 Å². The van der Waals surface area contributed by atoms with Crippen molar-refractivity contribution in [1.29, 1.82) is 0 Å². The van der Waals surface area contributed by atoms with Crippen LogP contribution in [0.3, 0.4) is 0 Å². The van der Waals surface area contributed by atoms with E-state index in [9.17, 15) is 18.0 Å². The van der Waals surface area contributed by atoms with Crippen LogP contribution >= 0.6 is 22.9 Å². The number of rotatable bonds is 5. The van der Waals surface area contributed by atoms with Crippen LogP contribution in [0.15, 0.2) is 24.3 Å². The van der Waals surface area contributed by atoms with Gasteiger partial charge in [-0.15, -0.1) is 0 Å². The summed E-state index contributed by atoms with van der Waals surface area (Å²) in [6.07, 6.45) is -4.63. The number of halogens is 4. The van der Waals surface area contributed by atoms with Crippen LogP contribution in [0.4, 0.5) is 13.2 Å². The molecule has 1 aromatic carbocycles. The average molecular weight is 373 g/mol. The fourth-order valence-electron chi connectivity index (χ4n) is 1.60. The molecule has 18 heavy (non-hydrogen) atoms. The Kier molecular flexibility index (Phi) is 5.39. The van der Waals surface area contributed by atoms with Gasteiger partial charge in [0.25, 0.3) is 0 Å². The third-order valence-electron chi connectivity index (χ3n) is 2.36. The van der Waals surface area contributed by atoms with E-state index in [4.69, 9.17) is 5.11 Å². The summed E-state index contributed by atoms with van der Waals surface area (Å²) in [4.78, 5) is 10.6. The lowest BCUT2D eigenvalue weighted by atomic mass is 9.99. The van der Waals surface area contributed by atoms with Crippen LogP contribution < -0.4 is 3.53 Å². The highest BCUT2D eigenvalue weighted by atomic mass is 127. The summed E-state index contributed by atoms with van der Waals surface area (Å²) in [5.41, 5.74) is -0.618. The van der Waals surface area contributed by atoms with Gasteiger partial charge in [0.05, 0.1) is 12.0 Å². The van der Waals surface area contributed by atoms with E-state index in [1.165, 1.54) is 18.2 Å². The molecule has 2 N–H and O–H groups in total. The summed E-state index contributed by atoms with van der Waals surface area (Å²) in [6.45, 7) is 0. The fourth-order valence-corrected chi connectivity index (χ4v) is 2.04. The lowest BCUT2D eigenvalue weighted by molar-refractivity contribution is -0.138. The Bertz CT molecular complexity index is 423. The number of nitrogens with one attached hydrogen (secondary N) is 1. The van der Waals surface area contributed by atoms with Crippen molar-refractivity contribution < 1.29 is 23.1 Å². The Morgan fingerprint density at radius 1 is 1.39 bits per heavy atom. The lowest BCUT2D eigenvalue weighted by Gasteiger charge is -2.17. The van der Waals surface area contributed by atoms with Crippen molar-refractivity contribution in [1.82, 2.24) is 3.53 Å². The van der Waals surface area contributed by atoms with Crippen molar-refractivity contribution in [3.8, 4) is 0 Å². The van der Waals surface area contributed by atoms with E-state index >= 15 is 0 Å². The quantitative estimate of drug-likeness (QED) is 0.616. The zero-order chi connectivity index (χ0) is 13.8. The monoisotopic (exact) mass is 373 g/mol. The molecule has 0 saturated carbocycles. The minimum atomic E-state index is -4.42. The van der Waals surface area contributed by atoms with Crippen molar-refractivity contribution >= 4 is 28.8 Å². The first-order chi connectivity index (χ1) is 8.34. The maximum atomic E-state index is 12.7. The fraction of sp³-hybridized carbons (Fsp3) is 0.364. The van der Waals surface area contributed by atoms with Gasteiger partial charge in [0.15, 0.2) is 0 Å². The zero-order valence-corrected chi connectivity index (χ0v) is 11.3. The van der Waals surface area contributed by atoms with Gasteiger partial charge in [0.2, 0.25) is 0 Å². The summed E-state index contributed by atoms with van der Waals surface area (Å²) < 4.78 is 40.9. The number of carbonyl (C=O) groups is 1. The largest absolute Gasteiger partial charge is 0.481 e. The third kappa shape index (κ3) is 4.45. The molecule has 0 amide bonds. The van der Waals surface area contributed by atoms with Crippen molar-refractivity contribution in [3.05, 3.63) is 35.4 Å². The second-order valence-corrected chi connectivity index (χ2v) is 4.39. The lowest BCUT2D eigenvalue weighted by Crippen LogP contribution is -2.27. The first-order valence-electron chi connectivity index (χ1n) is 5.07. The molecular formula is C11H11F3INO2. The van der Waals surface area contributed by atoms with Crippen molar-refractivity contribution in [2.45, 2.75) is 25.1 Å². The summed E-state index contributed by atoms with van der Waals surface area (Å²) in [7, 11) is 0. The summed E-state index contributed by atoms with van der Waals surface area (Å²) in [5, 5.41) is 8.66. The number of benzene rings is 1. The molecule has 1 rings (SSSR count). The smallest absolute Gasteiger partial charge is 0.416 e. The van der Waals surface area contributed by atoms with Crippen molar-refractivity contribution in [2.75, 3.05) is 0 Å². The van der Waals surface area contributed by atoms with E-state index < -0.39 is 23.8 Å².